The van der Waals surface area contributed by atoms with Crippen molar-refractivity contribution in [2.45, 2.75) is 0 Å². The van der Waals surface area contributed by atoms with E-state index in [0.717, 1.165) is 4.90 Å². The van der Waals surface area contributed by atoms with Crippen molar-refractivity contribution in [2.75, 3.05) is 11.6 Å². The molecule has 0 saturated heterocycles. The van der Waals surface area contributed by atoms with Gasteiger partial charge in [-0.25, -0.2) is 0 Å². The van der Waals surface area contributed by atoms with Gasteiger partial charge in [0.15, 0.2) is 0 Å². The van der Waals surface area contributed by atoms with Gasteiger partial charge in [0, 0.05) is 15.6 Å². The van der Waals surface area contributed by atoms with Crippen LogP contribution in [0.5, 0.6) is 0 Å². The fraction of sp³-hybridized carbons (Fsp3) is 0.0455. The number of fused-ring (bicyclic) bond motifs is 1. The molecule has 1 aliphatic heterocycles. The molecule has 0 saturated carbocycles. The van der Waals surface area contributed by atoms with E-state index >= 15 is 0 Å². The van der Waals surface area contributed by atoms with Crippen LogP contribution in [0.1, 0.15) is 31.1 Å². The van der Waals surface area contributed by atoms with Crippen molar-refractivity contribution < 1.29 is 14.4 Å². The van der Waals surface area contributed by atoms with Gasteiger partial charge in [-0.15, -0.1) is 0 Å². The van der Waals surface area contributed by atoms with E-state index in [9.17, 15) is 14.4 Å². The smallest absolute Gasteiger partial charge is 0.263 e. The van der Waals surface area contributed by atoms with Crippen LogP contribution in [0.25, 0.3) is 0 Å². The number of benzene rings is 3. The number of hydrogen-bond acceptors (Lipinski definition) is 3. The van der Waals surface area contributed by atoms with Gasteiger partial charge in [-0.1, -0.05) is 46.9 Å². The highest BCUT2D eigenvalue weighted by Crippen LogP contribution is 2.32. The third-order valence-corrected chi connectivity index (χ3v) is 5.49. The van der Waals surface area contributed by atoms with Crippen molar-refractivity contribution in [3.05, 3.63) is 98.5 Å². The Morgan fingerprint density at radius 3 is 1.93 bits per heavy atom. The molecule has 3 aromatic carbocycles. The molecule has 0 fully saturated rings. The van der Waals surface area contributed by atoms with Crippen LogP contribution >= 0.6 is 34.8 Å². The lowest BCUT2D eigenvalue weighted by molar-refractivity contribution is 0.0650. The normalized spacial score (nSPS) is 12.8. The molecule has 3 amide bonds. The van der Waals surface area contributed by atoms with Gasteiger partial charge < -0.3 is 0 Å². The van der Waals surface area contributed by atoms with Crippen LogP contribution < -0.4 is 4.90 Å². The lowest BCUT2D eigenvalue weighted by Gasteiger charge is -2.28. The Labute approximate surface area is 187 Å². The van der Waals surface area contributed by atoms with Gasteiger partial charge in [-0.2, -0.15) is 0 Å². The fourth-order valence-electron chi connectivity index (χ4n) is 3.21. The molecule has 0 aromatic heterocycles. The monoisotopic (exact) mass is 458 g/mol. The summed E-state index contributed by atoms with van der Waals surface area (Å²) >= 11 is 18.3. The first-order chi connectivity index (χ1) is 14.4. The average molecular weight is 460 g/mol. The maximum Gasteiger partial charge on any atom is 0.263 e. The Balaban J connectivity index is 1.74. The standard InChI is InChI=1S/C22H13Cl3N2O3/c23-14-7-5-13(6-8-14)20(28)26(19-10-9-15(24)11-18(19)25)12-27-21(29)16-3-1-2-4-17(16)22(27)30/h1-11H,12H2. The van der Waals surface area contributed by atoms with Crippen LogP contribution in [0.15, 0.2) is 66.7 Å². The summed E-state index contributed by atoms with van der Waals surface area (Å²) in [6, 6.07) is 17.4. The van der Waals surface area contributed by atoms with Gasteiger partial charge in [0.1, 0.15) is 6.67 Å². The van der Waals surface area contributed by atoms with Crippen molar-refractivity contribution in [3.8, 4) is 0 Å². The van der Waals surface area contributed by atoms with E-state index in [1.165, 1.54) is 11.0 Å². The SMILES string of the molecule is O=C1c2ccccc2C(=O)N1CN(C(=O)c1ccc(Cl)cc1)c1ccc(Cl)cc1Cl. The summed E-state index contributed by atoms with van der Waals surface area (Å²) in [7, 11) is 0. The summed E-state index contributed by atoms with van der Waals surface area (Å²) in [6.07, 6.45) is 0. The molecule has 0 bridgehead atoms. The number of amides is 3. The number of nitrogens with zero attached hydrogens (tertiary/aromatic N) is 2. The van der Waals surface area contributed by atoms with Crippen LogP contribution in [-0.2, 0) is 0 Å². The van der Waals surface area contributed by atoms with Crippen molar-refractivity contribution in [3.63, 3.8) is 0 Å². The minimum absolute atomic E-state index is 0.210. The largest absolute Gasteiger partial charge is 0.288 e. The molecule has 8 heteroatoms. The topological polar surface area (TPSA) is 57.7 Å². The predicted octanol–water partition coefficient (Wildman–Crippen LogP) is 5.55. The molecule has 1 heterocycles. The van der Waals surface area contributed by atoms with Crippen LogP contribution in [0.4, 0.5) is 5.69 Å². The molecule has 5 nitrogen and oxygen atoms in total. The first-order valence-corrected chi connectivity index (χ1v) is 9.98. The summed E-state index contributed by atoms with van der Waals surface area (Å²) in [6.45, 7) is -0.310. The Bertz CT molecular complexity index is 1140. The molecule has 0 spiro atoms. The number of rotatable bonds is 4. The molecular formula is C22H13Cl3N2O3. The third-order valence-electron chi connectivity index (χ3n) is 4.70. The molecule has 0 N–H and O–H groups in total. The summed E-state index contributed by atoms with van der Waals surface area (Å²) in [5.74, 6) is -1.41. The molecule has 150 valence electrons. The second-order valence-corrected chi connectivity index (χ2v) is 7.84. The lowest BCUT2D eigenvalue weighted by atomic mass is 10.1. The van der Waals surface area contributed by atoms with Gasteiger partial charge in [-0.3, -0.25) is 24.2 Å². The van der Waals surface area contributed by atoms with E-state index in [4.69, 9.17) is 34.8 Å². The Morgan fingerprint density at radius 1 is 0.800 bits per heavy atom. The van der Waals surface area contributed by atoms with E-state index < -0.39 is 17.7 Å². The van der Waals surface area contributed by atoms with E-state index in [-0.39, 0.29) is 11.7 Å². The highest BCUT2D eigenvalue weighted by Gasteiger charge is 2.37. The summed E-state index contributed by atoms with van der Waals surface area (Å²) in [5, 5.41) is 1.08. The van der Waals surface area contributed by atoms with Gasteiger partial charge in [0.2, 0.25) is 0 Å². The minimum Gasteiger partial charge on any atom is -0.288 e. The van der Waals surface area contributed by atoms with Crippen LogP contribution in [0.3, 0.4) is 0 Å². The fourth-order valence-corrected chi connectivity index (χ4v) is 3.84. The van der Waals surface area contributed by atoms with E-state index in [2.05, 4.69) is 0 Å². The molecule has 30 heavy (non-hydrogen) atoms. The summed E-state index contributed by atoms with van der Waals surface area (Å²) in [5.41, 5.74) is 1.23. The predicted molar refractivity (Wildman–Crippen MR) is 117 cm³/mol. The average Bonchev–Trinajstić information content (AvgIpc) is 2.97. The van der Waals surface area contributed by atoms with Crippen molar-refractivity contribution in [2.24, 2.45) is 0 Å². The number of anilines is 1. The zero-order chi connectivity index (χ0) is 21.4. The van der Waals surface area contributed by atoms with E-state index in [1.807, 2.05) is 0 Å². The first-order valence-electron chi connectivity index (χ1n) is 8.84. The summed E-state index contributed by atoms with van der Waals surface area (Å²) < 4.78 is 0. The number of carbonyl (C=O) groups excluding carboxylic acids is 3. The number of hydrogen-bond donors (Lipinski definition) is 0. The van der Waals surface area contributed by atoms with Gasteiger partial charge in [0.25, 0.3) is 17.7 Å². The van der Waals surface area contributed by atoms with Crippen molar-refractivity contribution >= 4 is 58.2 Å². The highest BCUT2D eigenvalue weighted by molar-refractivity contribution is 6.37. The van der Waals surface area contributed by atoms with E-state index in [1.54, 1.807) is 60.7 Å². The maximum atomic E-state index is 13.3. The van der Waals surface area contributed by atoms with Crippen LogP contribution in [0.2, 0.25) is 15.1 Å². The quantitative estimate of drug-likeness (QED) is 0.481. The molecule has 4 rings (SSSR count). The van der Waals surface area contributed by atoms with Gasteiger partial charge in [-0.05, 0) is 54.6 Å². The highest BCUT2D eigenvalue weighted by atomic mass is 35.5. The maximum absolute atomic E-state index is 13.3. The molecule has 1 aliphatic rings. The van der Waals surface area contributed by atoms with Gasteiger partial charge in [0.05, 0.1) is 21.8 Å². The Kier molecular flexibility index (Phi) is 5.52. The molecule has 0 radical (unpaired) electrons. The first kappa shape index (κ1) is 20.4. The molecule has 0 unspecified atom stereocenters. The Morgan fingerprint density at radius 2 is 1.37 bits per heavy atom. The summed E-state index contributed by atoms with van der Waals surface area (Å²) in [4.78, 5) is 41.2. The third kappa shape index (κ3) is 3.67. The lowest BCUT2D eigenvalue weighted by Crippen LogP contribution is -2.44. The second-order valence-electron chi connectivity index (χ2n) is 6.56. The second kappa shape index (κ2) is 8.11. The van der Waals surface area contributed by atoms with E-state index in [0.29, 0.717) is 32.4 Å². The molecular weight excluding hydrogens is 447 g/mol. The van der Waals surface area contributed by atoms with Crippen LogP contribution in [0, 0.1) is 0 Å². The molecule has 3 aromatic rings. The van der Waals surface area contributed by atoms with Crippen LogP contribution in [-0.4, -0.2) is 29.3 Å². The number of halogens is 3. The van der Waals surface area contributed by atoms with Crippen molar-refractivity contribution in [1.82, 2.24) is 4.90 Å². The zero-order valence-corrected chi connectivity index (χ0v) is 17.6. The van der Waals surface area contributed by atoms with Crippen molar-refractivity contribution in [1.29, 1.82) is 0 Å². The Hall–Kier alpha value is -2.86. The minimum atomic E-state index is -0.477. The molecule has 0 atom stereocenters. The number of imide groups is 1. The molecule has 0 aliphatic carbocycles. The zero-order valence-electron chi connectivity index (χ0n) is 15.3. The van der Waals surface area contributed by atoms with Gasteiger partial charge >= 0.3 is 0 Å². The number of carbonyl (C=O) groups is 3.